The molecule has 94 valence electrons. The van der Waals surface area contributed by atoms with Crippen LogP contribution in [0.25, 0.3) is 0 Å². The molecular weight excluding hydrogens is 236 g/mol. The lowest BCUT2D eigenvalue weighted by molar-refractivity contribution is 0.468. The van der Waals surface area contributed by atoms with E-state index in [1.807, 2.05) is 13.0 Å². The lowest BCUT2D eigenvalue weighted by Gasteiger charge is -2.16. The number of fused-ring (bicyclic) bond motifs is 1. The summed E-state index contributed by atoms with van der Waals surface area (Å²) in [6.07, 6.45) is 1.72. The molecule has 0 saturated heterocycles. The standard InChI is InChI=1S/C12H18N2O2S/c1-3-8-14(2)17(15,16)11-4-5-12-10(9-11)6-7-13-12/h4-5,9,13H,3,6-8H2,1-2H3. The van der Waals surface area contributed by atoms with Gasteiger partial charge in [-0.2, -0.15) is 0 Å². The molecule has 1 heterocycles. The van der Waals surface area contributed by atoms with E-state index in [-0.39, 0.29) is 0 Å². The second-order valence-corrected chi connectivity index (χ2v) is 6.37. The van der Waals surface area contributed by atoms with E-state index in [0.29, 0.717) is 11.4 Å². The molecule has 1 aromatic carbocycles. The van der Waals surface area contributed by atoms with Gasteiger partial charge in [-0.15, -0.1) is 0 Å². The fourth-order valence-corrected chi connectivity index (χ4v) is 3.37. The van der Waals surface area contributed by atoms with Crippen LogP contribution in [0.15, 0.2) is 23.1 Å². The first-order chi connectivity index (χ1) is 8.05. The van der Waals surface area contributed by atoms with Crippen LogP contribution in [-0.2, 0) is 16.4 Å². The molecule has 0 amide bonds. The highest BCUT2D eigenvalue weighted by atomic mass is 32.2. The van der Waals surface area contributed by atoms with Crippen molar-refractivity contribution in [1.29, 1.82) is 0 Å². The monoisotopic (exact) mass is 254 g/mol. The molecule has 1 aliphatic heterocycles. The van der Waals surface area contributed by atoms with Crippen molar-refractivity contribution < 1.29 is 8.42 Å². The van der Waals surface area contributed by atoms with Gasteiger partial charge in [-0.25, -0.2) is 12.7 Å². The molecule has 0 radical (unpaired) electrons. The Balaban J connectivity index is 2.34. The molecule has 1 aromatic rings. The summed E-state index contributed by atoms with van der Waals surface area (Å²) < 4.78 is 25.9. The van der Waals surface area contributed by atoms with Crippen LogP contribution in [-0.4, -0.2) is 32.9 Å². The number of sulfonamides is 1. The molecule has 0 atom stereocenters. The smallest absolute Gasteiger partial charge is 0.242 e. The summed E-state index contributed by atoms with van der Waals surface area (Å²) in [4.78, 5) is 0.399. The van der Waals surface area contributed by atoms with Crippen molar-refractivity contribution in [3.8, 4) is 0 Å². The van der Waals surface area contributed by atoms with Crippen LogP contribution < -0.4 is 5.32 Å². The van der Waals surface area contributed by atoms with Crippen LogP contribution in [0.5, 0.6) is 0 Å². The Morgan fingerprint density at radius 2 is 2.18 bits per heavy atom. The van der Waals surface area contributed by atoms with Crippen molar-refractivity contribution in [1.82, 2.24) is 4.31 Å². The highest BCUT2D eigenvalue weighted by Gasteiger charge is 2.22. The zero-order valence-corrected chi connectivity index (χ0v) is 11.0. The van der Waals surface area contributed by atoms with Crippen LogP contribution in [0, 0.1) is 0 Å². The maximum atomic E-state index is 12.2. The minimum absolute atomic E-state index is 0.399. The van der Waals surface area contributed by atoms with E-state index >= 15 is 0 Å². The second kappa shape index (κ2) is 4.66. The van der Waals surface area contributed by atoms with Crippen LogP contribution in [0.2, 0.25) is 0 Å². The van der Waals surface area contributed by atoms with E-state index in [2.05, 4.69) is 5.32 Å². The van der Waals surface area contributed by atoms with E-state index in [4.69, 9.17) is 0 Å². The summed E-state index contributed by atoms with van der Waals surface area (Å²) in [6.45, 7) is 3.42. The third kappa shape index (κ3) is 2.30. The van der Waals surface area contributed by atoms with Crippen LogP contribution in [0.1, 0.15) is 18.9 Å². The molecule has 0 unspecified atom stereocenters. The fourth-order valence-electron chi connectivity index (χ4n) is 2.06. The lowest BCUT2D eigenvalue weighted by Crippen LogP contribution is -2.27. The molecule has 0 fully saturated rings. The Morgan fingerprint density at radius 3 is 2.88 bits per heavy atom. The van der Waals surface area contributed by atoms with Crippen molar-refractivity contribution in [3.05, 3.63) is 23.8 Å². The van der Waals surface area contributed by atoms with Crippen molar-refractivity contribution in [3.63, 3.8) is 0 Å². The third-order valence-corrected chi connectivity index (χ3v) is 4.89. The van der Waals surface area contributed by atoms with Gasteiger partial charge in [0.05, 0.1) is 4.90 Å². The Morgan fingerprint density at radius 1 is 1.41 bits per heavy atom. The van der Waals surface area contributed by atoms with Gasteiger partial charge in [0.25, 0.3) is 0 Å². The molecule has 5 heteroatoms. The second-order valence-electron chi connectivity index (χ2n) is 4.32. The number of anilines is 1. The summed E-state index contributed by atoms with van der Waals surface area (Å²) in [6, 6.07) is 5.32. The van der Waals surface area contributed by atoms with Crippen LogP contribution >= 0.6 is 0 Å². The summed E-state index contributed by atoms with van der Waals surface area (Å²) in [5.41, 5.74) is 2.15. The molecule has 2 rings (SSSR count). The number of hydrogen-bond donors (Lipinski definition) is 1. The third-order valence-electron chi connectivity index (χ3n) is 3.03. The lowest BCUT2D eigenvalue weighted by atomic mass is 10.2. The van der Waals surface area contributed by atoms with E-state index in [9.17, 15) is 8.42 Å². The highest BCUT2D eigenvalue weighted by Crippen LogP contribution is 2.26. The van der Waals surface area contributed by atoms with Crippen molar-refractivity contribution in [2.45, 2.75) is 24.7 Å². The predicted octanol–water partition coefficient (Wildman–Crippen LogP) is 1.69. The van der Waals surface area contributed by atoms with E-state index < -0.39 is 10.0 Å². The Hall–Kier alpha value is -1.07. The van der Waals surface area contributed by atoms with E-state index in [1.54, 1.807) is 19.2 Å². The average molecular weight is 254 g/mol. The van der Waals surface area contributed by atoms with Crippen molar-refractivity contribution in [2.75, 3.05) is 25.5 Å². The largest absolute Gasteiger partial charge is 0.384 e. The molecule has 0 bridgehead atoms. The molecular formula is C12H18N2O2S. The van der Waals surface area contributed by atoms with Gasteiger partial charge < -0.3 is 5.32 Å². The van der Waals surface area contributed by atoms with Crippen molar-refractivity contribution >= 4 is 15.7 Å². The maximum Gasteiger partial charge on any atom is 0.242 e. The quantitative estimate of drug-likeness (QED) is 0.889. The van der Waals surface area contributed by atoms with Gasteiger partial charge in [0, 0.05) is 25.8 Å². The van der Waals surface area contributed by atoms with Crippen LogP contribution in [0.4, 0.5) is 5.69 Å². The predicted molar refractivity (Wildman–Crippen MR) is 68.7 cm³/mol. The average Bonchev–Trinajstić information content (AvgIpc) is 2.76. The van der Waals surface area contributed by atoms with E-state index in [0.717, 1.165) is 30.6 Å². The minimum Gasteiger partial charge on any atom is -0.384 e. The molecule has 0 spiro atoms. The SMILES string of the molecule is CCCN(C)S(=O)(=O)c1ccc2c(c1)CCN2. The molecule has 0 saturated carbocycles. The first-order valence-electron chi connectivity index (χ1n) is 5.89. The highest BCUT2D eigenvalue weighted by molar-refractivity contribution is 7.89. The van der Waals surface area contributed by atoms with Gasteiger partial charge in [-0.3, -0.25) is 0 Å². The topological polar surface area (TPSA) is 49.4 Å². The summed E-state index contributed by atoms with van der Waals surface area (Å²) in [5.74, 6) is 0. The molecule has 0 aliphatic carbocycles. The number of rotatable bonds is 4. The molecule has 0 aromatic heterocycles. The Bertz CT molecular complexity index is 511. The number of hydrogen-bond acceptors (Lipinski definition) is 3. The summed E-state index contributed by atoms with van der Waals surface area (Å²) in [5, 5.41) is 3.22. The van der Waals surface area contributed by atoms with Gasteiger partial charge in [-0.1, -0.05) is 6.92 Å². The number of benzene rings is 1. The molecule has 4 nitrogen and oxygen atoms in total. The zero-order chi connectivity index (χ0) is 12.5. The first-order valence-corrected chi connectivity index (χ1v) is 7.33. The summed E-state index contributed by atoms with van der Waals surface area (Å²) in [7, 11) is -1.69. The van der Waals surface area contributed by atoms with Crippen LogP contribution in [0.3, 0.4) is 0 Å². The number of nitrogens with zero attached hydrogens (tertiary/aromatic N) is 1. The van der Waals surface area contributed by atoms with Gasteiger partial charge in [-0.05, 0) is 36.6 Å². The zero-order valence-electron chi connectivity index (χ0n) is 10.2. The normalized spacial score (nSPS) is 14.8. The van der Waals surface area contributed by atoms with Gasteiger partial charge in [0.1, 0.15) is 0 Å². The Labute approximate surface area is 103 Å². The minimum atomic E-state index is -3.32. The molecule has 1 aliphatic rings. The van der Waals surface area contributed by atoms with Gasteiger partial charge in [0.2, 0.25) is 10.0 Å². The molecule has 17 heavy (non-hydrogen) atoms. The maximum absolute atomic E-state index is 12.2. The van der Waals surface area contributed by atoms with E-state index in [1.165, 1.54) is 4.31 Å². The molecule has 1 N–H and O–H groups in total. The van der Waals surface area contributed by atoms with Crippen molar-refractivity contribution in [2.24, 2.45) is 0 Å². The number of nitrogens with one attached hydrogen (secondary N) is 1. The Kier molecular flexibility index (Phi) is 3.40. The summed E-state index contributed by atoms with van der Waals surface area (Å²) >= 11 is 0. The fraction of sp³-hybridized carbons (Fsp3) is 0.500. The van der Waals surface area contributed by atoms with Gasteiger partial charge >= 0.3 is 0 Å². The first kappa shape index (κ1) is 12.4. The van der Waals surface area contributed by atoms with Gasteiger partial charge in [0.15, 0.2) is 0 Å².